The van der Waals surface area contributed by atoms with Crippen LogP contribution in [0.15, 0.2) is 53.4 Å². The number of sulfonamides is 1. The van der Waals surface area contributed by atoms with Crippen molar-refractivity contribution in [2.45, 2.75) is 38.0 Å². The third kappa shape index (κ3) is 5.55. The summed E-state index contributed by atoms with van der Waals surface area (Å²) in [6.07, 6.45) is 0. The molecule has 0 radical (unpaired) electrons. The third-order valence-corrected chi connectivity index (χ3v) is 7.58. The predicted octanol–water partition coefficient (Wildman–Crippen LogP) is 2.56. The number of aryl methyl sites for hydroxylation is 1. The van der Waals surface area contributed by atoms with E-state index < -0.39 is 10.0 Å². The minimum absolute atomic E-state index is 0.0000506. The van der Waals surface area contributed by atoms with Crippen molar-refractivity contribution in [3.8, 4) is 0 Å². The summed E-state index contributed by atoms with van der Waals surface area (Å²) in [6.45, 7) is 9.13. The highest BCUT2D eigenvalue weighted by Crippen LogP contribution is 2.22. The lowest BCUT2D eigenvalue weighted by Gasteiger charge is -2.34. The van der Waals surface area contributed by atoms with Crippen LogP contribution in [-0.2, 0) is 20.2 Å². The van der Waals surface area contributed by atoms with Crippen LogP contribution in [0.4, 0.5) is 0 Å². The lowest BCUT2D eigenvalue weighted by molar-refractivity contribution is -0.131. The number of hydrogen-bond acceptors (Lipinski definition) is 4. The molecule has 1 heterocycles. The number of rotatable bonds is 5. The number of nitrogens with one attached hydrogen (secondary N) is 1. The molecular formula is C24H31N3O4S. The zero-order chi connectivity index (χ0) is 23.5. The molecule has 1 saturated heterocycles. The summed E-state index contributed by atoms with van der Waals surface area (Å²) in [4.78, 5) is 26.8. The van der Waals surface area contributed by atoms with E-state index in [1.165, 1.54) is 4.31 Å². The van der Waals surface area contributed by atoms with E-state index >= 15 is 0 Å². The second kappa shape index (κ2) is 9.42. The Morgan fingerprint density at radius 3 is 2.00 bits per heavy atom. The van der Waals surface area contributed by atoms with Gasteiger partial charge >= 0.3 is 0 Å². The zero-order valence-corrected chi connectivity index (χ0v) is 19.9. The molecule has 0 bridgehead atoms. The van der Waals surface area contributed by atoms with Crippen LogP contribution >= 0.6 is 0 Å². The van der Waals surface area contributed by atoms with Gasteiger partial charge in [-0.15, -0.1) is 0 Å². The molecule has 0 unspecified atom stereocenters. The van der Waals surface area contributed by atoms with Crippen LogP contribution in [0.5, 0.6) is 0 Å². The maximum atomic E-state index is 12.8. The van der Waals surface area contributed by atoms with Crippen molar-refractivity contribution in [1.82, 2.24) is 14.5 Å². The molecule has 2 aromatic carbocycles. The Morgan fingerprint density at radius 2 is 1.47 bits per heavy atom. The summed E-state index contributed by atoms with van der Waals surface area (Å²) in [5.74, 6) is -0.531. The van der Waals surface area contributed by atoms with Gasteiger partial charge in [-0.05, 0) is 42.2 Å². The number of hydrogen-bond donors (Lipinski definition) is 1. The van der Waals surface area contributed by atoms with E-state index in [0.717, 1.165) is 11.1 Å². The lowest BCUT2D eigenvalue weighted by atomic mass is 9.87. The topological polar surface area (TPSA) is 86.8 Å². The number of amides is 2. The van der Waals surface area contributed by atoms with Crippen LogP contribution in [0, 0.1) is 6.92 Å². The summed E-state index contributed by atoms with van der Waals surface area (Å²) in [6, 6.07) is 14.1. The Bertz CT molecular complexity index is 1060. The SMILES string of the molecule is Cc1ccc(S(=O)(=O)N2CCN(C(=O)CNC(=O)c3ccc(C(C)(C)C)cc3)CC2)cc1. The summed E-state index contributed by atoms with van der Waals surface area (Å²) < 4.78 is 27.0. The molecule has 0 atom stereocenters. The molecule has 1 N–H and O–H groups in total. The van der Waals surface area contributed by atoms with Gasteiger partial charge in [0.1, 0.15) is 0 Å². The lowest BCUT2D eigenvalue weighted by Crippen LogP contribution is -2.52. The van der Waals surface area contributed by atoms with Crippen molar-refractivity contribution < 1.29 is 18.0 Å². The van der Waals surface area contributed by atoms with E-state index in [9.17, 15) is 18.0 Å². The van der Waals surface area contributed by atoms with Crippen LogP contribution in [0.25, 0.3) is 0 Å². The van der Waals surface area contributed by atoms with Gasteiger partial charge in [-0.1, -0.05) is 50.6 Å². The number of nitrogens with zero attached hydrogens (tertiary/aromatic N) is 2. The molecule has 172 valence electrons. The standard InChI is InChI=1S/C24H31N3O4S/c1-18-5-11-21(12-6-18)32(30,31)27-15-13-26(14-16-27)22(28)17-25-23(29)19-7-9-20(10-8-19)24(2,3)4/h5-12H,13-17H2,1-4H3,(H,25,29). The van der Waals surface area contributed by atoms with Gasteiger partial charge in [0.25, 0.3) is 5.91 Å². The predicted molar refractivity (Wildman–Crippen MR) is 124 cm³/mol. The quantitative estimate of drug-likeness (QED) is 0.748. The normalized spacial score (nSPS) is 15.4. The first-order valence-corrected chi connectivity index (χ1v) is 12.2. The number of carbonyl (C=O) groups is 2. The average molecular weight is 458 g/mol. The highest BCUT2D eigenvalue weighted by Gasteiger charge is 2.30. The van der Waals surface area contributed by atoms with Crippen molar-refractivity contribution >= 4 is 21.8 Å². The van der Waals surface area contributed by atoms with Crippen molar-refractivity contribution in [2.24, 2.45) is 0 Å². The first kappa shape index (κ1) is 23.9. The maximum Gasteiger partial charge on any atom is 0.251 e. The van der Waals surface area contributed by atoms with Crippen molar-refractivity contribution in [2.75, 3.05) is 32.7 Å². The molecule has 0 aromatic heterocycles. The van der Waals surface area contributed by atoms with Gasteiger partial charge in [-0.25, -0.2) is 8.42 Å². The second-order valence-electron chi connectivity index (χ2n) is 9.11. The molecule has 2 aromatic rings. The highest BCUT2D eigenvalue weighted by atomic mass is 32.2. The molecule has 0 aliphatic carbocycles. The zero-order valence-electron chi connectivity index (χ0n) is 19.1. The summed E-state index contributed by atoms with van der Waals surface area (Å²) in [5.41, 5.74) is 2.62. The van der Waals surface area contributed by atoms with Gasteiger partial charge in [-0.2, -0.15) is 4.31 Å². The van der Waals surface area contributed by atoms with E-state index in [1.807, 2.05) is 19.1 Å². The number of carbonyl (C=O) groups excluding carboxylic acids is 2. The van der Waals surface area contributed by atoms with Crippen molar-refractivity contribution in [1.29, 1.82) is 0 Å². The first-order chi connectivity index (χ1) is 15.0. The van der Waals surface area contributed by atoms with Crippen LogP contribution in [0.2, 0.25) is 0 Å². The van der Waals surface area contributed by atoms with E-state index in [4.69, 9.17) is 0 Å². The van der Waals surface area contributed by atoms with E-state index in [-0.39, 0.29) is 41.8 Å². The first-order valence-electron chi connectivity index (χ1n) is 10.7. The Labute approximate surface area is 190 Å². The fraction of sp³-hybridized carbons (Fsp3) is 0.417. The van der Waals surface area contributed by atoms with Crippen LogP contribution in [0.3, 0.4) is 0 Å². The Morgan fingerprint density at radius 1 is 0.906 bits per heavy atom. The van der Waals surface area contributed by atoms with Crippen molar-refractivity contribution in [3.63, 3.8) is 0 Å². The molecule has 7 nitrogen and oxygen atoms in total. The van der Waals surface area contributed by atoms with Crippen molar-refractivity contribution in [3.05, 3.63) is 65.2 Å². The molecule has 1 aliphatic rings. The van der Waals surface area contributed by atoms with Gasteiger partial charge in [-0.3, -0.25) is 9.59 Å². The molecule has 8 heteroatoms. The number of benzene rings is 2. The Kier molecular flexibility index (Phi) is 7.05. The minimum Gasteiger partial charge on any atom is -0.343 e. The smallest absolute Gasteiger partial charge is 0.251 e. The van der Waals surface area contributed by atoms with E-state index in [0.29, 0.717) is 18.7 Å². The van der Waals surface area contributed by atoms with Crippen LogP contribution in [-0.4, -0.2) is 62.2 Å². The fourth-order valence-corrected chi connectivity index (χ4v) is 4.95. The molecule has 1 fully saturated rings. The van der Waals surface area contributed by atoms with Crippen LogP contribution in [0.1, 0.15) is 42.3 Å². The van der Waals surface area contributed by atoms with E-state index in [1.54, 1.807) is 41.3 Å². The highest BCUT2D eigenvalue weighted by molar-refractivity contribution is 7.89. The van der Waals surface area contributed by atoms with E-state index in [2.05, 4.69) is 26.1 Å². The van der Waals surface area contributed by atoms with Gasteiger partial charge in [0.2, 0.25) is 15.9 Å². The van der Waals surface area contributed by atoms with Gasteiger partial charge in [0.15, 0.2) is 0 Å². The van der Waals surface area contributed by atoms with Gasteiger partial charge in [0.05, 0.1) is 11.4 Å². The summed E-state index contributed by atoms with van der Waals surface area (Å²) in [7, 11) is -3.58. The molecule has 0 saturated carbocycles. The molecule has 3 rings (SSSR count). The monoisotopic (exact) mass is 457 g/mol. The second-order valence-corrected chi connectivity index (χ2v) is 11.0. The summed E-state index contributed by atoms with van der Waals surface area (Å²) >= 11 is 0. The molecule has 2 amide bonds. The Balaban J connectivity index is 1.51. The summed E-state index contributed by atoms with van der Waals surface area (Å²) in [5, 5.41) is 2.66. The molecule has 32 heavy (non-hydrogen) atoms. The van der Waals surface area contributed by atoms with Gasteiger partial charge < -0.3 is 10.2 Å². The van der Waals surface area contributed by atoms with Gasteiger partial charge in [0, 0.05) is 31.7 Å². The minimum atomic E-state index is -3.58. The fourth-order valence-electron chi connectivity index (χ4n) is 3.53. The third-order valence-electron chi connectivity index (χ3n) is 5.66. The molecule has 1 aliphatic heterocycles. The maximum absolute atomic E-state index is 12.8. The molecular weight excluding hydrogens is 426 g/mol. The Hall–Kier alpha value is -2.71. The average Bonchev–Trinajstić information content (AvgIpc) is 2.77. The largest absolute Gasteiger partial charge is 0.343 e. The number of piperazine rings is 1. The van der Waals surface area contributed by atoms with Crippen LogP contribution < -0.4 is 5.32 Å². The molecule has 0 spiro atoms.